The number of nitrogens with one attached hydrogen (secondary N) is 1. The van der Waals surface area contributed by atoms with Crippen LogP contribution in [0, 0.1) is 0 Å². The molecule has 1 aliphatic rings. The Morgan fingerprint density at radius 3 is 2.79 bits per heavy atom. The van der Waals surface area contributed by atoms with Gasteiger partial charge in [-0.25, -0.2) is 5.43 Å². The number of methoxy groups -OCH3 is 1. The first-order valence-corrected chi connectivity index (χ1v) is 10.1. The molecule has 28 heavy (non-hydrogen) atoms. The van der Waals surface area contributed by atoms with Crippen molar-refractivity contribution in [2.75, 3.05) is 19.1 Å². The van der Waals surface area contributed by atoms with E-state index in [4.69, 9.17) is 4.74 Å². The molecule has 0 aliphatic carbocycles. The number of carbonyl (C=O) groups is 1. The van der Waals surface area contributed by atoms with Gasteiger partial charge in [0.25, 0.3) is 5.91 Å². The molecule has 1 heterocycles. The number of benzene rings is 2. The maximum absolute atomic E-state index is 12.4. The SMILES string of the molecule is COc1ccc(Br)cc1C(=O)N/N=C\c1ccc2c(c1)C(C)CC(C)(C)N2C. The van der Waals surface area contributed by atoms with Gasteiger partial charge in [-0.2, -0.15) is 5.10 Å². The van der Waals surface area contributed by atoms with E-state index < -0.39 is 0 Å². The lowest BCUT2D eigenvalue weighted by Crippen LogP contribution is -2.45. The number of amides is 1. The molecule has 0 fully saturated rings. The van der Waals surface area contributed by atoms with Crippen LogP contribution in [0.2, 0.25) is 0 Å². The minimum absolute atomic E-state index is 0.138. The van der Waals surface area contributed by atoms with E-state index in [-0.39, 0.29) is 11.4 Å². The summed E-state index contributed by atoms with van der Waals surface area (Å²) in [6.07, 6.45) is 2.77. The molecule has 1 atom stereocenters. The Hall–Kier alpha value is -2.34. The zero-order valence-electron chi connectivity index (χ0n) is 16.9. The summed E-state index contributed by atoms with van der Waals surface area (Å²) in [6, 6.07) is 11.6. The van der Waals surface area contributed by atoms with Crippen LogP contribution < -0.4 is 15.1 Å². The lowest BCUT2D eigenvalue weighted by atomic mass is 9.80. The summed E-state index contributed by atoms with van der Waals surface area (Å²) in [4.78, 5) is 14.8. The average Bonchev–Trinajstić information content (AvgIpc) is 2.66. The zero-order chi connectivity index (χ0) is 20.5. The second-order valence-electron chi connectivity index (χ2n) is 7.84. The molecule has 0 radical (unpaired) electrons. The van der Waals surface area contributed by atoms with Crippen molar-refractivity contribution < 1.29 is 9.53 Å². The van der Waals surface area contributed by atoms with Crippen molar-refractivity contribution in [2.24, 2.45) is 5.10 Å². The Bertz CT molecular complexity index is 924. The van der Waals surface area contributed by atoms with E-state index in [0.717, 1.165) is 16.5 Å². The monoisotopic (exact) mass is 443 g/mol. The van der Waals surface area contributed by atoms with Gasteiger partial charge in [-0.1, -0.05) is 28.9 Å². The van der Waals surface area contributed by atoms with Crippen LogP contribution >= 0.6 is 15.9 Å². The second kappa shape index (κ2) is 7.95. The van der Waals surface area contributed by atoms with Crippen molar-refractivity contribution in [3.05, 3.63) is 57.6 Å². The highest BCUT2D eigenvalue weighted by molar-refractivity contribution is 9.10. The van der Waals surface area contributed by atoms with Crippen molar-refractivity contribution in [3.8, 4) is 5.75 Å². The Morgan fingerprint density at radius 2 is 2.07 bits per heavy atom. The molecule has 2 aromatic rings. The Labute approximate surface area is 174 Å². The molecule has 148 valence electrons. The van der Waals surface area contributed by atoms with E-state index in [9.17, 15) is 4.79 Å². The van der Waals surface area contributed by atoms with Gasteiger partial charge < -0.3 is 9.64 Å². The summed E-state index contributed by atoms with van der Waals surface area (Å²) in [5.41, 5.74) is 6.67. The third-order valence-electron chi connectivity index (χ3n) is 5.44. The lowest BCUT2D eigenvalue weighted by molar-refractivity contribution is 0.0952. The van der Waals surface area contributed by atoms with Crippen LogP contribution in [0.3, 0.4) is 0 Å². The molecule has 0 aromatic heterocycles. The molecule has 0 spiro atoms. The first-order valence-electron chi connectivity index (χ1n) is 9.27. The van der Waals surface area contributed by atoms with Gasteiger partial charge in [0.15, 0.2) is 0 Å². The van der Waals surface area contributed by atoms with Gasteiger partial charge in [0.1, 0.15) is 5.75 Å². The van der Waals surface area contributed by atoms with Crippen LogP contribution in [-0.2, 0) is 0 Å². The molecule has 0 bridgehead atoms. The van der Waals surface area contributed by atoms with E-state index in [2.05, 4.69) is 71.3 Å². The van der Waals surface area contributed by atoms with Gasteiger partial charge in [-0.3, -0.25) is 4.79 Å². The molecule has 5 nitrogen and oxygen atoms in total. The minimum Gasteiger partial charge on any atom is -0.496 e. The first-order chi connectivity index (χ1) is 13.2. The molecule has 6 heteroatoms. The Morgan fingerprint density at radius 1 is 1.32 bits per heavy atom. The van der Waals surface area contributed by atoms with E-state index in [0.29, 0.717) is 17.2 Å². The second-order valence-corrected chi connectivity index (χ2v) is 8.75. The van der Waals surface area contributed by atoms with Crippen molar-refractivity contribution in [1.82, 2.24) is 5.43 Å². The number of carbonyl (C=O) groups excluding carboxylic acids is 1. The molecule has 1 N–H and O–H groups in total. The highest BCUT2D eigenvalue weighted by Crippen LogP contribution is 2.42. The summed E-state index contributed by atoms with van der Waals surface area (Å²) in [5.74, 6) is 0.654. The van der Waals surface area contributed by atoms with E-state index in [1.807, 2.05) is 12.1 Å². The Balaban J connectivity index is 1.77. The van der Waals surface area contributed by atoms with Crippen molar-refractivity contribution in [2.45, 2.75) is 38.6 Å². The van der Waals surface area contributed by atoms with Gasteiger partial charge >= 0.3 is 0 Å². The highest BCUT2D eigenvalue weighted by Gasteiger charge is 2.33. The normalized spacial score (nSPS) is 18.1. The number of ether oxygens (including phenoxy) is 1. The summed E-state index contributed by atoms with van der Waals surface area (Å²) in [7, 11) is 3.68. The minimum atomic E-state index is -0.317. The highest BCUT2D eigenvalue weighted by atomic mass is 79.9. The molecule has 1 amide bonds. The third-order valence-corrected chi connectivity index (χ3v) is 5.94. The van der Waals surface area contributed by atoms with Crippen LogP contribution in [0.25, 0.3) is 0 Å². The smallest absolute Gasteiger partial charge is 0.275 e. The van der Waals surface area contributed by atoms with Gasteiger partial charge in [0.2, 0.25) is 0 Å². The maximum atomic E-state index is 12.4. The summed E-state index contributed by atoms with van der Waals surface area (Å²) in [6.45, 7) is 6.80. The number of fused-ring (bicyclic) bond motifs is 1. The molecule has 0 saturated carbocycles. The standard InChI is InChI=1S/C22H26BrN3O2/c1-14-12-22(2,3)26(4)19-8-6-15(10-17(14)19)13-24-25-21(27)18-11-16(23)7-9-20(18)28-5/h6-11,13-14H,12H2,1-5H3,(H,25,27)/b24-13-. The van der Waals surface area contributed by atoms with Gasteiger partial charge in [0, 0.05) is 22.7 Å². The number of anilines is 1. The van der Waals surface area contributed by atoms with Crippen molar-refractivity contribution in [3.63, 3.8) is 0 Å². The molecule has 0 saturated heterocycles. The van der Waals surface area contributed by atoms with E-state index >= 15 is 0 Å². The van der Waals surface area contributed by atoms with Crippen LogP contribution in [0.15, 0.2) is 46.0 Å². The number of halogens is 1. The summed E-state index contributed by atoms with van der Waals surface area (Å²) < 4.78 is 6.05. The molecule has 1 unspecified atom stereocenters. The molecular formula is C22H26BrN3O2. The van der Waals surface area contributed by atoms with Crippen molar-refractivity contribution in [1.29, 1.82) is 0 Å². The molecule has 3 rings (SSSR count). The largest absolute Gasteiger partial charge is 0.496 e. The molecular weight excluding hydrogens is 418 g/mol. The number of hydrazone groups is 1. The summed E-state index contributed by atoms with van der Waals surface area (Å²) in [5, 5.41) is 4.14. The van der Waals surface area contributed by atoms with Crippen LogP contribution in [0.1, 0.15) is 54.6 Å². The van der Waals surface area contributed by atoms with Gasteiger partial charge in [-0.15, -0.1) is 0 Å². The topological polar surface area (TPSA) is 53.9 Å². The number of hydrogen-bond acceptors (Lipinski definition) is 4. The quantitative estimate of drug-likeness (QED) is 0.537. The summed E-state index contributed by atoms with van der Waals surface area (Å²) >= 11 is 3.37. The van der Waals surface area contributed by atoms with E-state index in [1.54, 1.807) is 18.3 Å². The zero-order valence-corrected chi connectivity index (χ0v) is 18.5. The fraction of sp³-hybridized carbons (Fsp3) is 0.364. The van der Waals surface area contributed by atoms with E-state index in [1.165, 1.54) is 18.4 Å². The van der Waals surface area contributed by atoms with Crippen LogP contribution in [0.5, 0.6) is 5.75 Å². The number of nitrogens with zero attached hydrogens (tertiary/aromatic N) is 2. The lowest BCUT2D eigenvalue weighted by Gasteiger charge is -2.45. The predicted molar refractivity (Wildman–Crippen MR) is 118 cm³/mol. The van der Waals surface area contributed by atoms with Crippen LogP contribution in [-0.4, -0.2) is 31.8 Å². The average molecular weight is 444 g/mol. The third kappa shape index (κ3) is 4.07. The van der Waals surface area contributed by atoms with Crippen LogP contribution in [0.4, 0.5) is 5.69 Å². The van der Waals surface area contributed by atoms with Crippen molar-refractivity contribution >= 4 is 33.7 Å². The van der Waals surface area contributed by atoms with Gasteiger partial charge in [-0.05, 0) is 67.6 Å². The Kier molecular flexibility index (Phi) is 5.79. The maximum Gasteiger partial charge on any atom is 0.275 e. The number of rotatable bonds is 4. The number of hydrogen-bond donors (Lipinski definition) is 1. The fourth-order valence-corrected chi connectivity index (χ4v) is 4.12. The molecule has 1 aliphatic heterocycles. The molecule has 2 aromatic carbocycles. The first kappa shape index (κ1) is 20.4. The predicted octanol–water partition coefficient (Wildman–Crippen LogP) is 4.94. The van der Waals surface area contributed by atoms with Gasteiger partial charge in [0.05, 0.1) is 18.9 Å². The fourth-order valence-electron chi connectivity index (χ4n) is 3.76.